The number of halogens is 3. The molecule has 1 amide bonds. The Balaban J connectivity index is 1.79. The summed E-state index contributed by atoms with van der Waals surface area (Å²) in [6, 6.07) is 25.3. The van der Waals surface area contributed by atoms with Crippen molar-refractivity contribution >= 4 is 11.9 Å². The van der Waals surface area contributed by atoms with Crippen LogP contribution in [-0.2, 0) is 20.6 Å². The lowest BCUT2D eigenvalue weighted by Crippen LogP contribution is -2.57. The molecule has 46 heavy (non-hydrogen) atoms. The second-order valence-electron chi connectivity index (χ2n) is 10.6. The van der Waals surface area contributed by atoms with E-state index >= 15 is 13.2 Å². The van der Waals surface area contributed by atoms with Crippen LogP contribution in [0.25, 0.3) is 0 Å². The minimum Gasteiger partial charge on any atom is -0.497 e. The van der Waals surface area contributed by atoms with E-state index in [1.54, 1.807) is 38.5 Å². The van der Waals surface area contributed by atoms with E-state index in [1.807, 2.05) is 54.6 Å². The highest BCUT2D eigenvalue weighted by molar-refractivity contribution is 5.90. The number of primary amides is 1. The third-order valence-corrected chi connectivity index (χ3v) is 7.99. The van der Waals surface area contributed by atoms with Crippen molar-refractivity contribution in [2.45, 2.75) is 23.4 Å². The summed E-state index contributed by atoms with van der Waals surface area (Å²) in [5.74, 6) is -4.69. The standard InChI is InChI=1S/C34H33F3N4O5/c1-43-20-19-32(29-27(35)17-18-28(39-29)30(38)42)33(36,37)21-46-31(40-32)41-34(22-7-5-4-6-8-22,23-9-13-25(44-2)14-10-23)24-11-15-26(45-3)16-12-24/h4-18H,19-21H2,1-3H3,(H2,38,42)(H,40,41)/t32-/m1/s1. The summed E-state index contributed by atoms with van der Waals surface area (Å²) in [7, 11) is 4.42. The van der Waals surface area contributed by atoms with Gasteiger partial charge >= 0.3 is 5.92 Å². The third-order valence-electron chi connectivity index (χ3n) is 7.99. The van der Waals surface area contributed by atoms with Crippen molar-refractivity contribution in [1.82, 2.24) is 10.3 Å². The highest BCUT2D eigenvalue weighted by atomic mass is 19.3. The average molecular weight is 635 g/mol. The predicted octanol–water partition coefficient (Wildman–Crippen LogP) is 5.17. The first kappa shape index (κ1) is 32.3. The van der Waals surface area contributed by atoms with Crippen LogP contribution in [0.4, 0.5) is 13.2 Å². The van der Waals surface area contributed by atoms with Gasteiger partial charge in [0.1, 0.15) is 34.2 Å². The highest BCUT2D eigenvalue weighted by Crippen LogP contribution is 2.47. The van der Waals surface area contributed by atoms with E-state index in [-0.39, 0.29) is 12.6 Å². The fourth-order valence-electron chi connectivity index (χ4n) is 5.58. The van der Waals surface area contributed by atoms with Crippen LogP contribution < -0.4 is 20.5 Å². The van der Waals surface area contributed by atoms with Crippen LogP contribution in [0.3, 0.4) is 0 Å². The zero-order valence-electron chi connectivity index (χ0n) is 25.4. The maximum absolute atomic E-state index is 16.1. The Labute approximate surface area is 264 Å². The maximum Gasteiger partial charge on any atom is 0.312 e. The van der Waals surface area contributed by atoms with Crippen LogP contribution in [0, 0.1) is 5.82 Å². The van der Waals surface area contributed by atoms with Crippen molar-refractivity contribution in [2.24, 2.45) is 10.7 Å². The molecular formula is C34H33F3N4O5. The molecule has 12 heteroatoms. The molecule has 9 nitrogen and oxygen atoms in total. The van der Waals surface area contributed by atoms with Crippen molar-refractivity contribution in [1.29, 1.82) is 0 Å². The van der Waals surface area contributed by atoms with Crippen LogP contribution in [0.1, 0.15) is 39.3 Å². The number of hydrogen-bond donors (Lipinski definition) is 2. The summed E-state index contributed by atoms with van der Waals surface area (Å²) in [6.45, 7) is -1.42. The van der Waals surface area contributed by atoms with Crippen LogP contribution >= 0.6 is 0 Å². The molecule has 4 aromatic rings. The first-order chi connectivity index (χ1) is 22.1. The molecule has 3 N–H and O–H groups in total. The number of nitrogens with zero attached hydrogens (tertiary/aromatic N) is 2. The second-order valence-corrected chi connectivity index (χ2v) is 10.6. The average Bonchev–Trinajstić information content (AvgIpc) is 3.08. The van der Waals surface area contributed by atoms with Crippen LogP contribution in [-0.4, -0.2) is 57.4 Å². The minimum absolute atomic E-state index is 0.241. The van der Waals surface area contributed by atoms with E-state index in [0.717, 1.165) is 12.1 Å². The van der Waals surface area contributed by atoms with E-state index in [2.05, 4.69) is 15.3 Å². The van der Waals surface area contributed by atoms with Gasteiger partial charge in [0.15, 0.2) is 12.1 Å². The smallest absolute Gasteiger partial charge is 0.312 e. The van der Waals surface area contributed by atoms with Gasteiger partial charge in [-0.25, -0.2) is 14.4 Å². The Hall–Kier alpha value is -5.10. The van der Waals surface area contributed by atoms with Gasteiger partial charge in [0.05, 0.1) is 14.2 Å². The van der Waals surface area contributed by atoms with Gasteiger partial charge in [-0.05, 0) is 53.1 Å². The Morgan fingerprint density at radius 1 is 0.891 bits per heavy atom. The molecule has 1 aliphatic heterocycles. The number of benzene rings is 3. The molecule has 240 valence electrons. The summed E-state index contributed by atoms with van der Waals surface area (Å²) in [4.78, 5) is 20.3. The maximum atomic E-state index is 16.1. The summed E-state index contributed by atoms with van der Waals surface area (Å²) in [5, 5.41) is 3.32. The van der Waals surface area contributed by atoms with Crippen molar-refractivity contribution in [3.63, 3.8) is 0 Å². The number of aliphatic imine (C=N–C) groups is 1. The van der Waals surface area contributed by atoms with Gasteiger partial charge in [-0.2, -0.15) is 8.78 Å². The van der Waals surface area contributed by atoms with E-state index < -0.39 is 53.1 Å². The number of nitrogens with one attached hydrogen (secondary N) is 1. The molecular weight excluding hydrogens is 601 g/mol. The van der Waals surface area contributed by atoms with Crippen molar-refractivity contribution in [3.05, 3.63) is 125 Å². The summed E-state index contributed by atoms with van der Waals surface area (Å²) in [6.07, 6.45) is -0.499. The molecule has 0 radical (unpaired) electrons. The summed E-state index contributed by atoms with van der Waals surface area (Å²) >= 11 is 0. The molecule has 0 spiro atoms. The lowest BCUT2D eigenvalue weighted by atomic mass is 9.77. The second kappa shape index (κ2) is 13.1. The van der Waals surface area contributed by atoms with Crippen LogP contribution in [0.5, 0.6) is 11.5 Å². The molecule has 5 rings (SSSR count). The number of amidine groups is 1. The zero-order chi connectivity index (χ0) is 33.0. The Morgan fingerprint density at radius 3 is 1.98 bits per heavy atom. The Bertz CT molecular complexity index is 1660. The number of nitrogens with two attached hydrogens (primary N) is 1. The fourth-order valence-corrected chi connectivity index (χ4v) is 5.58. The van der Waals surface area contributed by atoms with E-state index in [1.165, 1.54) is 7.11 Å². The number of hydrogen-bond acceptors (Lipinski definition) is 8. The number of alkyl halides is 2. The summed E-state index contributed by atoms with van der Waals surface area (Å²) in [5.41, 5.74) is 2.37. The number of ether oxygens (including phenoxy) is 4. The molecule has 0 saturated heterocycles. The number of carbonyl (C=O) groups is 1. The SMILES string of the molecule is COCC[C@]1(c2nc(C(N)=O)ccc2F)N=C(NC(c2ccccc2)(c2ccc(OC)cc2)c2ccc(OC)cc2)OCC1(F)F. The predicted molar refractivity (Wildman–Crippen MR) is 165 cm³/mol. The molecule has 0 aliphatic carbocycles. The molecule has 0 unspecified atom stereocenters. The molecule has 0 fully saturated rings. The van der Waals surface area contributed by atoms with E-state index in [0.29, 0.717) is 28.2 Å². The molecule has 1 aliphatic rings. The zero-order valence-corrected chi connectivity index (χ0v) is 25.4. The van der Waals surface area contributed by atoms with Crippen molar-refractivity contribution in [3.8, 4) is 11.5 Å². The number of methoxy groups -OCH3 is 3. The number of amides is 1. The first-order valence-corrected chi connectivity index (χ1v) is 14.3. The lowest BCUT2D eigenvalue weighted by molar-refractivity contribution is -0.132. The lowest BCUT2D eigenvalue weighted by Gasteiger charge is -2.43. The van der Waals surface area contributed by atoms with Crippen molar-refractivity contribution in [2.75, 3.05) is 34.5 Å². The van der Waals surface area contributed by atoms with Crippen LogP contribution in [0.15, 0.2) is 96.0 Å². The molecule has 1 atom stereocenters. The van der Waals surface area contributed by atoms with Gasteiger partial charge in [-0.3, -0.25) is 4.79 Å². The molecule has 3 aromatic carbocycles. The van der Waals surface area contributed by atoms with Gasteiger partial charge in [0.2, 0.25) is 0 Å². The fraction of sp³-hybridized carbons (Fsp3) is 0.265. The number of pyridine rings is 1. The normalized spacial score (nSPS) is 17.4. The van der Waals surface area contributed by atoms with Gasteiger partial charge in [0, 0.05) is 20.1 Å². The largest absolute Gasteiger partial charge is 0.497 e. The molecule has 2 heterocycles. The Kier molecular flexibility index (Phi) is 9.19. The van der Waals surface area contributed by atoms with Crippen LogP contribution in [0.2, 0.25) is 0 Å². The summed E-state index contributed by atoms with van der Waals surface area (Å²) < 4.78 is 69.3. The van der Waals surface area contributed by atoms with Crippen molar-refractivity contribution < 1.29 is 36.9 Å². The van der Waals surface area contributed by atoms with Gasteiger partial charge in [0.25, 0.3) is 11.9 Å². The van der Waals surface area contributed by atoms with E-state index in [9.17, 15) is 4.79 Å². The van der Waals surface area contributed by atoms with Gasteiger partial charge in [-0.1, -0.05) is 54.6 Å². The quantitative estimate of drug-likeness (QED) is 0.219. The van der Waals surface area contributed by atoms with E-state index in [4.69, 9.17) is 24.7 Å². The highest BCUT2D eigenvalue weighted by Gasteiger charge is 2.61. The number of carbonyl (C=O) groups excluding carboxylic acids is 1. The van der Waals surface area contributed by atoms with Gasteiger partial charge in [-0.15, -0.1) is 0 Å². The molecule has 0 saturated carbocycles. The first-order valence-electron chi connectivity index (χ1n) is 14.3. The monoisotopic (exact) mass is 634 g/mol. The number of aromatic nitrogens is 1. The topological polar surface area (TPSA) is 117 Å². The van der Waals surface area contributed by atoms with Gasteiger partial charge < -0.3 is 30.0 Å². The molecule has 0 bridgehead atoms. The minimum atomic E-state index is -3.78. The Morgan fingerprint density at radius 2 is 1.46 bits per heavy atom. The molecule has 1 aromatic heterocycles. The number of rotatable bonds is 11. The third kappa shape index (κ3) is 5.83.